The molecule has 1 N–H and O–H groups in total. The van der Waals surface area contributed by atoms with Crippen LogP contribution in [0.5, 0.6) is 5.75 Å². The Morgan fingerprint density at radius 2 is 2.10 bits per heavy atom. The molecular formula is C20H23N5O4. The fourth-order valence-corrected chi connectivity index (χ4v) is 3.78. The second kappa shape index (κ2) is 8.02. The fraction of sp³-hybridized carbons (Fsp3) is 0.450. The first-order valence-corrected chi connectivity index (χ1v) is 9.74. The van der Waals surface area contributed by atoms with Crippen LogP contribution in [0.2, 0.25) is 0 Å². The third-order valence-electron chi connectivity index (χ3n) is 5.47. The van der Waals surface area contributed by atoms with Gasteiger partial charge in [0.15, 0.2) is 12.4 Å². The number of amides is 2. The molecule has 0 radical (unpaired) electrons. The van der Waals surface area contributed by atoms with Crippen LogP contribution in [0.1, 0.15) is 42.6 Å². The Morgan fingerprint density at radius 3 is 2.83 bits per heavy atom. The van der Waals surface area contributed by atoms with E-state index in [1.165, 1.54) is 6.33 Å². The molecule has 2 amide bonds. The maximum atomic E-state index is 12.9. The number of hydrogen-bond donors (Lipinski definition) is 1. The fourth-order valence-electron chi connectivity index (χ4n) is 3.78. The summed E-state index contributed by atoms with van der Waals surface area (Å²) >= 11 is 0. The molecule has 3 heterocycles. The molecule has 0 spiro atoms. The van der Waals surface area contributed by atoms with Gasteiger partial charge in [-0.05, 0) is 38.0 Å². The molecule has 0 saturated carbocycles. The van der Waals surface area contributed by atoms with Gasteiger partial charge in [-0.15, -0.1) is 0 Å². The summed E-state index contributed by atoms with van der Waals surface area (Å²) in [7, 11) is 0. The average Bonchev–Trinajstić information content (AvgIpc) is 3.28. The van der Waals surface area contributed by atoms with Gasteiger partial charge in [-0.2, -0.15) is 5.10 Å². The number of ketones is 1. The van der Waals surface area contributed by atoms with Crippen LogP contribution in [0.25, 0.3) is 0 Å². The first-order valence-electron chi connectivity index (χ1n) is 9.74. The molecule has 1 aromatic heterocycles. The summed E-state index contributed by atoms with van der Waals surface area (Å²) in [6.45, 7) is 3.04. The van der Waals surface area contributed by atoms with Gasteiger partial charge in [0.05, 0.1) is 11.7 Å². The number of likely N-dealkylation sites (tertiary alicyclic amines) is 1. The number of ether oxygens (including phenoxy) is 1. The van der Waals surface area contributed by atoms with Crippen LogP contribution in [-0.2, 0) is 9.59 Å². The van der Waals surface area contributed by atoms with Gasteiger partial charge in [0, 0.05) is 31.0 Å². The van der Waals surface area contributed by atoms with E-state index in [0.717, 1.165) is 0 Å². The Balaban J connectivity index is 1.33. The molecule has 2 aliphatic rings. The van der Waals surface area contributed by atoms with Crippen molar-refractivity contribution in [1.82, 2.24) is 19.7 Å². The molecule has 9 heteroatoms. The van der Waals surface area contributed by atoms with Crippen molar-refractivity contribution in [2.45, 2.75) is 32.2 Å². The van der Waals surface area contributed by atoms with E-state index in [0.29, 0.717) is 49.4 Å². The molecule has 4 rings (SSSR count). The van der Waals surface area contributed by atoms with Crippen LogP contribution >= 0.6 is 0 Å². The Bertz CT molecular complexity index is 919. The van der Waals surface area contributed by atoms with E-state index < -0.39 is 0 Å². The molecule has 0 unspecified atom stereocenters. The zero-order valence-corrected chi connectivity index (χ0v) is 16.2. The summed E-state index contributed by atoms with van der Waals surface area (Å²) in [6, 6.07) is 5.06. The van der Waals surface area contributed by atoms with Gasteiger partial charge >= 0.3 is 0 Å². The Labute approximate surface area is 168 Å². The predicted molar refractivity (Wildman–Crippen MR) is 104 cm³/mol. The van der Waals surface area contributed by atoms with E-state index in [1.807, 2.05) is 11.8 Å². The lowest BCUT2D eigenvalue weighted by atomic mass is 9.88. The molecule has 1 atom stereocenters. The molecule has 1 aromatic carbocycles. The van der Waals surface area contributed by atoms with Crippen LogP contribution < -0.4 is 10.1 Å². The van der Waals surface area contributed by atoms with Crippen molar-refractivity contribution in [3.8, 4) is 5.75 Å². The number of aromatic nitrogens is 3. The first kappa shape index (κ1) is 19.1. The molecule has 152 valence electrons. The molecule has 29 heavy (non-hydrogen) atoms. The molecule has 9 nitrogen and oxygen atoms in total. The number of anilines is 1. The number of rotatable bonds is 5. The van der Waals surface area contributed by atoms with E-state index in [-0.39, 0.29) is 36.2 Å². The van der Waals surface area contributed by atoms with Gasteiger partial charge in [0.25, 0.3) is 5.91 Å². The zero-order valence-electron chi connectivity index (χ0n) is 16.2. The monoisotopic (exact) mass is 397 g/mol. The van der Waals surface area contributed by atoms with Crippen LogP contribution in [0, 0.1) is 5.92 Å². The lowest BCUT2D eigenvalue weighted by molar-refractivity contribution is -0.133. The van der Waals surface area contributed by atoms with Crippen molar-refractivity contribution >= 4 is 23.3 Å². The maximum absolute atomic E-state index is 12.9. The summed E-state index contributed by atoms with van der Waals surface area (Å²) in [5.74, 6) is 0.311. The van der Waals surface area contributed by atoms with Crippen molar-refractivity contribution < 1.29 is 19.1 Å². The standard InChI is InChI=1S/C20H23N5O4/c1-13(25-12-21-11-22-25)8-19(27)24-6-4-14(5-7-24)20(28)15-2-3-17-16(9-15)23-18(26)10-29-17/h2-3,9,11-14H,4-8,10H2,1H3,(H,23,26)/t13-/m1/s1. The highest BCUT2D eigenvalue weighted by atomic mass is 16.5. The number of carbonyl (C=O) groups excluding carboxylic acids is 3. The highest BCUT2D eigenvalue weighted by Crippen LogP contribution is 2.31. The number of carbonyl (C=O) groups is 3. The number of Topliss-reactive ketones (excluding diaryl/α,β-unsaturated/α-hetero) is 1. The van der Waals surface area contributed by atoms with Crippen molar-refractivity contribution in [3.63, 3.8) is 0 Å². The van der Waals surface area contributed by atoms with E-state index in [2.05, 4.69) is 15.4 Å². The smallest absolute Gasteiger partial charge is 0.262 e. The molecule has 0 bridgehead atoms. The summed E-state index contributed by atoms with van der Waals surface area (Å²) in [5, 5.41) is 6.80. The second-order valence-electron chi connectivity index (χ2n) is 7.50. The predicted octanol–water partition coefficient (Wildman–Crippen LogP) is 1.68. The lowest BCUT2D eigenvalue weighted by Crippen LogP contribution is -2.41. The van der Waals surface area contributed by atoms with Gasteiger partial charge in [-0.1, -0.05) is 0 Å². The average molecular weight is 397 g/mol. The quantitative estimate of drug-likeness (QED) is 0.770. The number of hydrogen-bond acceptors (Lipinski definition) is 6. The van der Waals surface area contributed by atoms with E-state index in [4.69, 9.17) is 4.74 Å². The third-order valence-corrected chi connectivity index (χ3v) is 5.47. The maximum Gasteiger partial charge on any atom is 0.262 e. The van der Waals surface area contributed by atoms with Crippen molar-refractivity contribution in [2.75, 3.05) is 25.0 Å². The zero-order chi connectivity index (χ0) is 20.4. The normalized spacial score (nSPS) is 17.8. The molecule has 1 fully saturated rings. The summed E-state index contributed by atoms with van der Waals surface area (Å²) in [5.41, 5.74) is 1.08. The molecule has 2 aliphatic heterocycles. The Kier molecular flexibility index (Phi) is 5.28. The van der Waals surface area contributed by atoms with Gasteiger partial charge in [-0.3, -0.25) is 14.4 Å². The topological polar surface area (TPSA) is 106 Å². The van der Waals surface area contributed by atoms with E-state index in [1.54, 1.807) is 29.2 Å². The van der Waals surface area contributed by atoms with Gasteiger partial charge in [0.1, 0.15) is 18.4 Å². The highest BCUT2D eigenvalue weighted by Gasteiger charge is 2.29. The highest BCUT2D eigenvalue weighted by molar-refractivity contribution is 6.01. The molecular weight excluding hydrogens is 374 g/mol. The second-order valence-corrected chi connectivity index (χ2v) is 7.50. The van der Waals surface area contributed by atoms with Crippen molar-refractivity contribution in [3.05, 3.63) is 36.4 Å². The third kappa shape index (κ3) is 4.13. The summed E-state index contributed by atoms with van der Waals surface area (Å²) < 4.78 is 7.01. The first-order chi connectivity index (χ1) is 14.0. The number of nitrogens with one attached hydrogen (secondary N) is 1. The minimum absolute atomic E-state index is 0.0116. The number of fused-ring (bicyclic) bond motifs is 1. The van der Waals surface area contributed by atoms with Crippen LogP contribution in [-0.4, -0.2) is 57.0 Å². The van der Waals surface area contributed by atoms with Crippen LogP contribution in [0.3, 0.4) is 0 Å². The van der Waals surface area contributed by atoms with Crippen molar-refractivity contribution in [1.29, 1.82) is 0 Å². The lowest BCUT2D eigenvalue weighted by Gasteiger charge is -2.32. The molecule has 1 saturated heterocycles. The van der Waals surface area contributed by atoms with E-state index in [9.17, 15) is 14.4 Å². The minimum Gasteiger partial charge on any atom is -0.482 e. The minimum atomic E-state index is -0.228. The Hall–Kier alpha value is -3.23. The number of benzene rings is 1. The Morgan fingerprint density at radius 1 is 1.31 bits per heavy atom. The largest absolute Gasteiger partial charge is 0.482 e. The molecule has 2 aromatic rings. The van der Waals surface area contributed by atoms with Gasteiger partial charge < -0.3 is 15.0 Å². The SMILES string of the molecule is C[C@H](CC(=O)N1CCC(C(=O)c2ccc3c(c2)NC(=O)CO3)CC1)n1cncn1. The summed E-state index contributed by atoms with van der Waals surface area (Å²) in [6.07, 6.45) is 4.67. The van der Waals surface area contributed by atoms with Crippen LogP contribution in [0.15, 0.2) is 30.9 Å². The van der Waals surface area contributed by atoms with Gasteiger partial charge in [0.2, 0.25) is 5.91 Å². The van der Waals surface area contributed by atoms with Crippen molar-refractivity contribution in [2.24, 2.45) is 5.92 Å². The molecule has 0 aliphatic carbocycles. The summed E-state index contributed by atoms with van der Waals surface area (Å²) in [4.78, 5) is 42.7. The number of nitrogens with zero attached hydrogens (tertiary/aromatic N) is 4. The van der Waals surface area contributed by atoms with Gasteiger partial charge in [-0.25, -0.2) is 9.67 Å². The van der Waals surface area contributed by atoms with E-state index >= 15 is 0 Å². The number of piperidine rings is 1. The van der Waals surface area contributed by atoms with Crippen LogP contribution in [0.4, 0.5) is 5.69 Å².